The van der Waals surface area contributed by atoms with Crippen molar-refractivity contribution in [1.82, 2.24) is 9.80 Å². The summed E-state index contributed by atoms with van der Waals surface area (Å²) in [5, 5.41) is 1.88. The van der Waals surface area contributed by atoms with Crippen LogP contribution in [0.1, 0.15) is 40.1 Å². The number of amides is 2. The van der Waals surface area contributed by atoms with Gasteiger partial charge in [0.05, 0.1) is 11.4 Å². The Morgan fingerprint density at radius 1 is 0.966 bits per heavy atom. The van der Waals surface area contributed by atoms with Crippen molar-refractivity contribution in [3.63, 3.8) is 0 Å². The quantitative estimate of drug-likeness (QED) is 0.512. The van der Waals surface area contributed by atoms with Gasteiger partial charge in [-0.1, -0.05) is 43.3 Å². The minimum Gasteiger partial charge on any atom is -0.464 e. The first-order chi connectivity index (χ1) is 14.1. The first-order valence-electron chi connectivity index (χ1n) is 9.76. The lowest BCUT2D eigenvalue weighted by atomic mass is 10.2. The molecule has 2 heterocycles. The normalized spacial score (nSPS) is 10.7. The Morgan fingerprint density at radius 2 is 1.76 bits per heavy atom. The number of hydrogen-bond donors (Lipinski definition) is 0. The average Bonchev–Trinajstić information content (AvgIpc) is 3.39. The SMILES string of the molecule is CCCN(CC(=O)N(Cc1ccccc1)Cc1ccc(C)o1)C(=O)c1cccs1. The molecule has 0 saturated carbocycles. The molecule has 1 aromatic carbocycles. The highest BCUT2D eigenvalue weighted by Gasteiger charge is 2.23. The molecule has 29 heavy (non-hydrogen) atoms. The molecular formula is C23H26N2O3S. The van der Waals surface area contributed by atoms with E-state index in [0.29, 0.717) is 24.5 Å². The van der Waals surface area contributed by atoms with Gasteiger partial charge in [-0.2, -0.15) is 0 Å². The van der Waals surface area contributed by atoms with Gasteiger partial charge in [-0.25, -0.2) is 0 Å². The summed E-state index contributed by atoms with van der Waals surface area (Å²) < 4.78 is 5.69. The first-order valence-corrected chi connectivity index (χ1v) is 10.6. The lowest BCUT2D eigenvalue weighted by Crippen LogP contribution is -2.42. The van der Waals surface area contributed by atoms with E-state index in [-0.39, 0.29) is 18.4 Å². The molecule has 0 fully saturated rings. The van der Waals surface area contributed by atoms with Crippen LogP contribution < -0.4 is 0 Å². The van der Waals surface area contributed by atoms with Crippen LogP contribution in [-0.4, -0.2) is 34.7 Å². The van der Waals surface area contributed by atoms with Crippen LogP contribution in [0, 0.1) is 6.92 Å². The van der Waals surface area contributed by atoms with E-state index in [9.17, 15) is 9.59 Å². The fraction of sp³-hybridized carbons (Fsp3) is 0.304. The maximum absolute atomic E-state index is 13.2. The van der Waals surface area contributed by atoms with E-state index >= 15 is 0 Å². The molecule has 152 valence electrons. The molecule has 2 amide bonds. The Hall–Kier alpha value is -2.86. The summed E-state index contributed by atoms with van der Waals surface area (Å²) in [6.07, 6.45) is 0.792. The molecule has 0 radical (unpaired) electrons. The van der Waals surface area contributed by atoms with Gasteiger partial charge in [0.1, 0.15) is 18.1 Å². The smallest absolute Gasteiger partial charge is 0.264 e. The number of rotatable bonds is 9. The van der Waals surface area contributed by atoms with Crippen LogP contribution in [0.3, 0.4) is 0 Å². The van der Waals surface area contributed by atoms with E-state index in [1.807, 2.05) is 67.8 Å². The average molecular weight is 411 g/mol. The van der Waals surface area contributed by atoms with Gasteiger partial charge in [0.15, 0.2) is 0 Å². The number of nitrogens with zero attached hydrogens (tertiary/aromatic N) is 2. The van der Waals surface area contributed by atoms with Crippen molar-refractivity contribution in [3.05, 3.63) is 81.9 Å². The van der Waals surface area contributed by atoms with Gasteiger partial charge in [0.25, 0.3) is 5.91 Å². The Labute approximate surface area is 175 Å². The molecule has 2 aromatic heterocycles. The van der Waals surface area contributed by atoms with E-state index in [0.717, 1.165) is 23.5 Å². The maximum Gasteiger partial charge on any atom is 0.264 e. The predicted octanol–water partition coefficient (Wildman–Crippen LogP) is 4.73. The second-order valence-electron chi connectivity index (χ2n) is 6.95. The molecule has 0 bridgehead atoms. The van der Waals surface area contributed by atoms with Crippen molar-refractivity contribution in [3.8, 4) is 0 Å². The molecule has 0 aliphatic heterocycles. The van der Waals surface area contributed by atoms with E-state index < -0.39 is 0 Å². The molecule has 6 heteroatoms. The van der Waals surface area contributed by atoms with Crippen LogP contribution >= 0.6 is 11.3 Å². The van der Waals surface area contributed by atoms with Gasteiger partial charge in [0.2, 0.25) is 5.91 Å². The Bertz CT molecular complexity index is 919. The number of aryl methyl sites for hydroxylation is 1. The van der Waals surface area contributed by atoms with Crippen LogP contribution in [0.5, 0.6) is 0 Å². The minimum absolute atomic E-state index is 0.0527. The van der Waals surface area contributed by atoms with Crippen molar-refractivity contribution < 1.29 is 14.0 Å². The predicted molar refractivity (Wildman–Crippen MR) is 115 cm³/mol. The van der Waals surface area contributed by atoms with E-state index in [1.165, 1.54) is 11.3 Å². The summed E-state index contributed by atoms with van der Waals surface area (Å²) in [6.45, 7) is 5.32. The van der Waals surface area contributed by atoms with E-state index in [1.54, 1.807) is 15.9 Å². The fourth-order valence-electron chi connectivity index (χ4n) is 3.14. The first kappa shape index (κ1) is 20.9. The van der Waals surface area contributed by atoms with Crippen molar-refractivity contribution in [2.75, 3.05) is 13.1 Å². The summed E-state index contributed by atoms with van der Waals surface area (Å²) >= 11 is 1.40. The van der Waals surface area contributed by atoms with Gasteiger partial charge in [-0.05, 0) is 42.5 Å². The maximum atomic E-state index is 13.2. The number of carbonyl (C=O) groups excluding carboxylic acids is 2. The van der Waals surface area contributed by atoms with Gasteiger partial charge in [-0.3, -0.25) is 9.59 Å². The zero-order chi connectivity index (χ0) is 20.6. The second-order valence-corrected chi connectivity index (χ2v) is 7.90. The van der Waals surface area contributed by atoms with Crippen LogP contribution in [-0.2, 0) is 17.9 Å². The summed E-state index contributed by atoms with van der Waals surface area (Å²) in [4.78, 5) is 30.1. The van der Waals surface area contributed by atoms with Crippen molar-refractivity contribution >= 4 is 23.2 Å². The topological polar surface area (TPSA) is 53.8 Å². The van der Waals surface area contributed by atoms with Crippen molar-refractivity contribution in [1.29, 1.82) is 0 Å². The third kappa shape index (κ3) is 5.81. The second kappa shape index (κ2) is 10.1. The summed E-state index contributed by atoms with van der Waals surface area (Å²) in [7, 11) is 0. The summed E-state index contributed by atoms with van der Waals surface area (Å²) in [5.74, 6) is 1.36. The number of hydrogen-bond acceptors (Lipinski definition) is 4. The van der Waals surface area contributed by atoms with E-state index in [2.05, 4.69) is 0 Å². The molecule has 0 unspecified atom stereocenters. The van der Waals surface area contributed by atoms with Crippen molar-refractivity contribution in [2.45, 2.75) is 33.4 Å². The van der Waals surface area contributed by atoms with Gasteiger partial charge < -0.3 is 14.2 Å². The molecule has 0 aliphatic carbocycles. The molecule has 0 aliphatic rings. The number of carbonyl (C=O) groups is 2. The zero-order valence-electron chi connectivity index (χ0n) is 16.8. The largest absolute Gasteiger partial charge is 0.464 e. The Balaban J connectivity index is 1.77. The number of furan rings is 1. The molecular weight excluding hydrogens is 384 g/mol. The Kier molecular flexibility index (Phi) is 7.25. The van der Waals surface area contributed by atoms with Gasteiger partial charge >= 0.3 is 0 Å². The van der Waals surface area contributed by atoms with Gasteiger partial charge in [-0.15, -0.1) is 11.3 Å². The standard InChI is InChI=1S/C23H26N2O3S/c1-3-13-24(23(27)21-10-7-14-29-21)17-22(26)25(15-19-8-5-4-6-9-19)16-20-12-11-18(2)28-20/h4-12,14H,3,13,15-17H2,1-2H3. The third-order valence-corrected chi connectivity index (χ3v) is 5.41. The van der Waals surface area contributed by atoms with Gasteiger partial charge in [0, 0.05) is 13.1 Å². The lowest BCUT2D eigenvalue weighted by Gasteiger charge is -2.27. The van der Waals surface area contributed by atoms with E-state index in [4.69, 9.17) is 4.42 Å². The molecule has 3 aromatic rings. The summed E-state index contributed by atoms with van der Waals surface area (Å²) in [5.41, 5.74) is 1.04. The molecule has 5 nitrogen and oxygen atoms in total. The number of thiophene rings is 1. The third-order valence-electron chi connectivity index (χ3n) is 4.55. The fourth-order valence-corrected chi connectivity index (χ4v) is 3.83. The molecule has 0 spiro atoms. The highest BCUT2D eigenvalue weighted by molar-refractivity contribution is 7.12. The minimum atomic E-state index is -0.0961. The Morgan fingerprint density at radius 3 is 2.38 bits per heavy atom. The molecule has 3 rings (SSSR count). The molecule has 0 saturated heterocycles. The van der Waals surface area contributed by atoms with Crippen LogP contribution in [0.25, 0.3) is 0 Å². The molecule has 0 N–H and O–H groups in total. The van der Waals surface area contributed by atoms with Crippen LogP contribution in [0.4, 0.5) is 0 Å². The monoisotopic (exact) mass is 410 g/mol. The number of benzene rings is 1. The lowest BCUT2D eigenvalue weighted by molar-refractivity contribution is -0.133. The zero-order valence-corrected chi connectivity index (χ0v) is 17.7. The van der Waals surface area contributed by atoms with Crippen molar-refractivity contribution in [2.24, 2.45) is 0 Å². The highest BCUT2D eigenvalue weighted by Crippen LogP contribution is 2.16. The van der Waals surface area contributed by atoms with Crippen LogP contribution in [0.2, 0.25) is 0 Å². The van der Waals surface area contributed by atoms with Crippen LogP contribution in [0.15, 0.2) is 64.4 Å². The highest BCUT2D eigenvalue weighted by atomic mass is 32.1. The summed E-state index contributed by atoms with van der Waals surface area (Å²) in [6, 6.07) is 17.3. The molecule has 0 atom stereocenters.